The van der Waals surface area contributed by atoms with Gasteiger partial charge in [0.2, 0.25) is 5.91 Å². The van der Waals surface area contributed by atoms with Gasteiger partial charge in [0.05, 0.1) is 6.61 Å². The van der Waals surface area contributed by atoms with Crippen molar-refractivity contribution in [3.8, 4) is 17.1 Å². The zero-order valence-corrected chi connectivity index (χ0v) is 17.1. The van der Waals surface area contributed by atoms with Crippen LogP contribution in [0.2, 0.25) is 5.02 Å². The molecule has 0 bridgehead atoms. The maximum Gasteiger partial charge on any atom is 0.240 e. The van der Waals surface area contributed by atoms with Crippen molar-refractivity contribution >= 4 is 29.7 Å². The molecule has 0 fully saturated rings. The molecule has 6 nitrogen and oxygen atoms in total. The highest BCUT2D eigenvalue weighted by molar-refractivity contribution is 7.71. The Labute approximate surface area is 177 Å². The van der Waals surface area contributed by atoms with E-state index in [9.17, 15) is 9.18 Å². The van der Waals surface area contributed by atoms with Crippen LogP contribution in [0.3, 0.4) is 0 Å². The molecule has 0 saturated carbocycles. The van der Waals surface area contributed by atoms with Crippen molar-refractivity contribution in [1.29, 1.82) is 0 Å². The van der Waals surface area contributed by atoms with Gasteiger partial charge in [-0.05, 0) is 73.6 Å². The molecule has 0 aliphatic heterocycles. The lowest BCUT2D eigenvalue weighted by molar-refractivity contribution is -0.121. The Bertz CT molecular complexity index is 1000. The van der Waals surface area contributed by atoms with Gasteiger partial charge in [-0.15, -0.1) is 0 Å². The van der Waals surface area contributed by atoms with Crippen LogP contribution < -0.4 is 10.1 Å². The van der Waals surface area contributed by atoms with Gasteiger partial charge in [0.15, 0.2) is 10.6 Å². The molecule has 0 saturated heterocycles. The van der Waals surface area contributed by atoms with Gasteiger partial charge in [0.1, 0.15) is 18.1 Å². The van der Waals surface area contributed by atoms with E-state index in [0.717, 1.165) is 18.4 Å². The second-order valence-electron chi connectivity index (χ2n) is 6.30. The Morgan fingerprint density at radius 3 is 2.62 bits per heavy atom. The molecule has 0 spiro atoms. The summed E-state index contributed by atoms with van der Waals surface area (Å²) >= 11 is 11.2. The fourth-order valence-electron chi connectivity index (χ4n) is 2.66. The number of nitrogens with zero attached hydrogens (tertiary/aromatic N) is 2. The highest BCUT2D eigenvalue weighted by Crippen LogP contribution is 2.19. The van der Waals surface area contributed by atoms with E-state index >= 15 is 0 Å². The highest BCUT2D eigenvalue weighted by Gasteiger charge is 2.12. The minimum absolute atomic E-state index is 0.0688. The van der Waals surface area contributed by atoms with Gasteiger partial charge in [-0.1, -0.05) is 11.6 Å². The lowest BCUT2D eigenvalue weighted by Crippen LogP contribution is -2.29. The summed E-state index contributed by atoms with van der Waals surface area (Å²) in [5.74, 6) is 0.753. The van der Waals surface area contributed by atoms with Crippen LogP contribution in [0.15, 0.2) is 48.5 Å². The summed E-state index contributed by atoms with van der Waals surface area (Å²) in [6.07, 6.45) is 1.52. The smallest absolute Gasteiger partial charge is 0.240 e. The molecule has 2 N–H and O–H groups in total. The monoisotopic (exact) mass is 434 g/mol. The van der Waals surface area contributed by atoms with Crippen molar-refractivity contribution in [3.05, 3.63) is 64.1 Å². The van der Waals surface area contributed by atoms with Crippen LogP contribution in [0.1, 0.15) is 12.8 Å². The maximum absolute atomic E-state index is 12.8. The molecule has 1 amide bonds. The average molecular weight is 435 g/mol. The molecule has 1 heterocycles. The van der Waals surface area contributed by atoms with E-state index in [4.69, 9.17) is 28.6 Å². The summed E-state index contributed by atoms with van der Waals surface area (Å²) in [4.78, 5) is 12.3. The molecular formula is C20H20ClFN4O2S. The van der Waals surface area contributed by atoms with Crippen LogP contribution >= 0.6 is 23.8 Å². The summed E-state index contributed by atoms with van der Waals surface area (Å²) in [6, 6.07) is 13.0. The first kappa shape index (κ1) is 21.0. The molecule has 1 aromatic heterocycles. The summed E-state index contributed by atoms with van der Waals surface area (Å²) < 4.78 is 20.4. The molecule has 2 aromatic carbocycles. The third-order valence-corrected chi connectivity index (χ3v) is 4.70. The van der Waals surface area contributed by atoms with Gasteiger partial charge in [-0.3, -0.25) is 14.5 Å². The van der Waals surface area contributed by atoms with Crippen molar-refractivity contribution < 1.29 is 13.9 Å². The van der Waals surface area contributed by atoms with Crippen LogP contribution in [-0.2, 0) is 11.3 Å². The minimum Gasteiger partial charge on any atom is -0.494 e. The SMILES string of the molecule is O=C(Cn1c(-c2ccc(Cl)cc2)n[nH]c1=S)NCCCCOc1ccc(F)cc1. The number of hydrogen-bond donors (Lipinski definition) is 2. The van der Waals surface area contributed by atoms with E-state index in [-0.39, 0.29) is 18.3 Å². The predicted molar refractivity (Wildman–Crippen MR) is 112 cm³/mol. The molecule has 152 valence electrons. The molecule has 0 atom stereocenters. The largest absolute Gasteiger partial charge is 0.494 e. The minimum atomic E-state index is -0.294. The van der Waals surface area contributed by atoms with Crippen molar-refractivity contribution in [3.63, 3.8) is 0 Å². The topological polar surface area (TPSA) is 71.9 Å². The number of ether oxygens (including phenoxy) is 1. The molecule has 0 unspecified atom stereocenters. The van der Waals surface area contributed by atoms with Crippen molar-refractivity contribution in [2.45, 2.75) is 19.4 Å². The summed E-state index contributed by atoms with van der Waals surface area (Å²) in [5, 5.41) is 10.4. The molecule has 0 aliphatic carbocycles. The number of unbranched alkanes of at least 4 members (excludes halogenated alkanes) is 1. The van der Waals surface area contributed by atoms with Gasteiger partial charge in [-0.2, -0.15) is 5.10 Å². The number of carbonyl (C=O) groups is 1. The Hall–Kier alpha value is -2.71. The third kappa shape index (κ3) is 6.13. The number of amides is 1. The molecule has 3 aromatic rings. The average Bonchev–Trinajstić information content (AvgIpc) is 3.07. The molecular weight excluding hydrogens is 415 g/mol. The fourth-order valence-corrected chi connectivity index (χ4v) is 2.98. The number of carbonyl (C=O) groups excluding carboxylic acids is 1. The zero-order valence-electron chi connectivity index (χ0n) is 15.5. The number of aromatic amines is 1. The number of H-pyrrole nitrogens is 1. The Kier molecular flexibility index (Phi) is 7.37. The lowest BCUT2D eigenvalue weighted by atomic mass is 10.2. The summed E-state index contributed by atoms with van der Waals surface area (Å²) in [5.41, 5.74) is 0.812. The summed E-state index contributed by atoms with van der Waals surface area (Å²) in [7, 11) is 0. The first-order valence-electron chi connectivity index (χ1n) is 9.09. The van der Waals surface area contributed by atoms with Gasteiger partial charge < -0.3 is 10.1 Å². The van der Waals surface area contributed by atoms with E-state index in [1.54, 1.807) is 28.8 Å². The second kappa shape index (κ2) is 10.2. The first-order chi connectivity index (χ1) is 14.0. The lowest BCUT2D eigenvalue weighted by Gasteiger charge is -2.09. The van der Waals surface area contributed by atoms with Crippen molar-refractivity contribution in [2.75, 3.05) is 13.2 Å². The molecule has 0 radical (unpaired) electrons. The Morgan fingerprint density at radius 2 is 1.90 bits per heavy atom. The Morgan fingerprint density at radius 1 is 1.17 bits per heavy atom. The number of hydrogen-bond acceptors (Lipinski definition) is 4. The van der Waals surface area contributed by atoms with Crippen LogP contribution in [-0.4, -0.2) is 33.8 Å². The summed E-state index contributed by atoms with van der Waals surface area (Å²) in [6.45, 7) is 1.08. The Balaban J connectivity index is 1.43. The fraction of sp³-hybridized carbons (Fsp3) is 0.250. The molecule has 29 heavy (non-hydrogen) atoms. The van der Waals surface area contributed by atoms with Crippen LogP contribution in [0.25, 0.3) is 11.4 Å². The van der Waals surface area contributed by atoms with E-state index in [0.29, 0.717) is 34.5 Å². The van der Waals surface area contributed by atoms with Crippen LogP contribution in [0.5, 0.6) is 5.75 Å². The van der Waals surface area contributed by atoms with E-state index < -0.39 is 0 Å². The molecule has 3 rings (SSSR count). The standard InChI is InChI=1S/C20H20ClFN4O2S/c21-15-5-3-14(4-6-15)19-24-25-20(29)26(19)13-18(27)23-11-1-2-12-28-17-9-7-16(22)8-10-17/h3-10H,1-2,11-13H2,(H,23,27)(H,25,29). The van der Waals surface area contributed by atoms with Gasteiger partial charge in [-0.25, -0.2) is 4.39 Å². The van der Waals surface area contributed by atoms with E-state index in [1.165, 1.54) is 12.1 Å². The predicted octanol–water partition coefficient (Wildman–Crippen LogP) is 4.38. The number of aromatic nitrogens is 3. The number of rotatable bonds is 9. The quantitative estimate of drug-likeness (QED) is 0.387. The second-order valence-corrected chi connectivity index (χ2v) is 7.13. The third-order valence-electron chi connectivity index (χ3n) is 4.14. The number of nitrogens with one attached hydrogen (secondary N) is 2. The maximum atomic E-state index is 12.8. The number of benzene rings is 2. The molecule has 0 aliphatic rings. The van der Waals surface area contributed by atoms with Gasteiger partial charge >= 0.3 is 0 Å². The number of halogens is 2. The van der Waals surface area contributed by atoms with E-state index in [1.807, 2.05) is 12.1 Å². The van der Waals surface area contributed by atoms with Gasteiger partial charge in [0, 0.05) is 17.1 Å². The normalized spacial score (nSPS) is 10.7. The van der Waals surface area contributed by atoms with Crippen molar-refractivity contribution in [1.82, 2.24) is 20.1 Å². The van der Waals surface area contributed by atoms with Crippen LogP contribution in [0, 0.1) is 10.6 Å². The zero-order chi connectivity index (χ0) is 20.6. The van der Waals surface area contributed by atoms with Crippen LogP contribution in [0.4, 0.5) is 4.39 Å². The van der Waals surface area contributed by atoms with E-state index in [2.05, 4.69) is 15.5 Å². The molecule has 9 heteroatoms. The first-order valence-corrected chi connectivity index (χ1v) is 9.88. The highest BCUT2D eigenvalue weighted by atomic mass is 35.5. The van der Waals surface area contributed by atoms with Crippen molar-refractivity contribution in [2.24, 2.45) is 0 Å². The van der Waals surface area contributed by atoms with Gasteiger partial charge in [0.25, 0.3) is 0 Å².